The minimum atomic E-state index is -0.103. The number of nitrogens with one attached hydrogen (secondary N) is 1. The van der Waals surface area contributed by atoms with Crippen LogP contribution in [0.3, 0.4) is 0 Å². The summed E-state index contributed by atoms with van der Waals surface area (Å²) in [6.07, 6.45) is 2.42. The van der Waals surface area contributed by atoms with Crippen molar-refractivity contribution >= 4 is 0 Å². The second kappa shape index (κ2) is 4.39. The highest BCUT2D eigenvalue weighted by molar-refractivity contribution is 5.32. The summed E-state index contributed by atoms with van der Waals surface area (Å²) in [5.74, 6) is -0.103. The zero-order chi connectivity index (χ0) is 11.7. The number of halogens is 1. The number of nitrogens with zero attached hydrogens (tertiary/aromatic N) is 1. The van der Waals surface area contributed by atoms with Crippen LogP contribution in [0.25, 0.3) is 0 Å². The second-order valence-electron chi connectivity index (χ2n) is 5.32. The van der Waals surface area contributed by atoms with Crippen molar-refractivity contribution < 1.29 is 4.39 Å². The van der Waals surface area contributed by atoms with Crippen molar-refractivity contribution in [2.45, 2.75) is 18.3 Å². The fourth-order valence-corrected chi connectivity index (χ4v) is 2.80. The molecule has 2 aliphatic rings. The third kappa shape index (κ3) is 2.35. The van der Waals surface area contributed by atoms with Gasteiger partial charge in [0.2, 0.25) is 0 Å². The van der Waals surface area contributed by atoms with Gasteiger partial charge in [-0.1, -0.05) is 12.1 Å². The van der Waals surface area contributed by atoms with E-state index < -0.39 is 0 Å². The smallest absolute Gasteiger partial charge is 0.123 e. The van der Waals surface area contributed by atoms with E-state index >= 15 is 0 Å². The first-order valence-corrected chi connectivity index (χ1v) is 6.48. The third-order valence-electron chi connectivity index (χ3n) is 4.03. The molecule has 3 rings (SSSR count). The minimum Gasteiger partial charge on any atom is -0.314 e. The Labute approximate surface area is 102 Å². The molecule has 1 aliphatic heterocycles. The zero-order valence-corrected chi connectivity index (χ0v) is 10.1. The van der Waals surface area contributed by atoms with Crippen molar-refractivity contribution in [3.8, 4) is 0 Å². The summed E-state index contributed by atoms with van der Waals surface area (Å²) in [5.41, 5.74) is 1.44. The molecule has 0 bridgehead atoms. The molecule has 0 spiro atoms. The average Bonchev–Trinajstić information content (AvgIpc) is 3.11. The lowest BCUT2D eigenvalue weighted by Crippen LogP contribution is -2.46. The molecule has 1 aromatic carbocycles. The van der Waals surface area contributed by atoms with Gasteiger partial charge in [0.1, 0.15) is 5.82 Å². The molecule has 2 nitrogen and oxygen atoms in total. The van der Waals surface area contributed by atoms with Crippen molar-refractivity contribution in [3.05, 3.63) is 35.6 Å². The normalized spacial score (nSPS) is 23.6. The van der Waals surface area contributed by atoms with Crippen LogP contribution in [-0.4, -0.2) is 37.6 Å². The first-order chi connectivity index (χ1) is 8.28. The first-order valence-electron chi connectivity index (χ1n) is 6.48. The monoisotopic (exact) mass is 234 g/mol. The number of piperazine rings is 1. The number of hydrogen-bond donors (Lipinski definition) is 1. The molecule has 1 saturated carbocycles. The van der Waals surface area contributed by atoms with Crippen molar-refractivity contribution in [1.29, 1.82) is 0 Å². The molecule has 0 amide bonds. The lowest BCUT2D eigenvalue weighted by Gasteiger charge is -2.31. The second-order valence-corrected chi connectivity index (χ2v) is 5.32. The molecule has 0 atom stereocenters. The molecule has 1 saturated heterocycles. The number of hydrogen-bond acceptors (Lipinski definition) is 2. The maximum atomic E-state index is 13.3. The molecular formula is C14H19FN2. The first kappa shape index (κ1) is 11.2. The minimum absolute atomic E-state index is 0.103. The summed E-state index contributed by atoms with van der Waals surface area (Å²) >= 11 is 0. The topological polar surface area (TPSA) is 15.3 Å². The van der Waals surface area contributed by atoms with E-state index in [0.29, 0.717) is 0 Å². The van der Waals surface area contributed by atoms with Crippen LogP contribution in [0.2, 0.25) is 0 Å². The molecule has 1 heterocycles. The number of rotatable bonds is 3. The van der Waals surface area contributed by atoms with Crippen LogP contribution < -0.4 is 5.32 Å². The quantitative estimate of drug-likeness (QED) is 0.857. The fraction of sp³-hybridized carbons (Fsp3) is 0.571. The summed E-state index contributed by atoms with van der Waals surface area (Å²) in [5, 5.41) is 3.37. The van der Waals surface area contributed by atoms with Gasteiger partial charge >= 0.3 is 0 Å². The highest BCUT2D eigenvalue weighted by atomic mass is 19.1. The molecule has 0 radical (unpaired) electrons. The van der Waals surface area contributed by atoms with E-state index in [-0.39, 0.29) is 11.2 Å². The van der Waals surface area contributed by atoms with Gasteiger partial charge in [-0.3, -0.25) is 4.90 Å². The predicted molar refractivity (Wildman–Crippen MR) is 66.6 cm³/mol. The van der Waals surface area contributed by atoms with Crippen molar-refractivity contribution in [3.63, 3.8) is 0 Å². The van der Waals surface area contributed by atoms with Crippen LogP contribution in [0, 0.1) is 5.82 Å². The Morgan fingerprint density at radius 2 is 2.00 bits per heavy atom. The predicted octanol–water partition coefficient (Wildman–Crippen LogP) is 1.76. The molecule has 1 aliphatic carbocycles. The van der Waals surface area contributed by atoms with E-state index in [1.54, 1.807) is 6.07 Å². The third-order valence-corrected chi connectivity index (χ3v) is 4.03. The molecule has 0 aromatic heterocycles. The van der Waals surface area contributed by atoms with Gasteiger partial charge in [-0.15, -0.1) is 0 Å². The SMILES string of the molecule is Fc1cccc(C2(CN3CCNCC3)CC2)c1. The summed E-state index contributed by atoms with van der Waals surface area (Å²) in [4.78, 5) is 2.51. The van der Waals surface area contributed by atoms with Crippen LogP contribution in [0.15, 0.2) is 24.3 Å². The van der Waals surface area contributed by atoms with Gasteiger partial charge < -0.3 is 5.32 Å². The Hall–Kier alpha value is -0.930. The Morgan fingerprint density at radius 1 is 1.24 bits per heavy atom. The van der Waals surface area contributed by atoms with Gasteiger partial charge in [0.25, 0.3) is 0 Å². The summed E-state index contributed by atoms with van der Waals surface area (Å²) in [6, 6.07) is 7.17. The standard InChI is InChI=1S/C14H19FN2/c15-13-3-1-2-12(10-13)14(4-5-14)11-17-8-6-16-7-9-17/h1-3,10,16H,4-9,11H2. The Balaban J connectivity index is 1.73. The van der Waals surface area contributed by atoms with E-state index in [1.807, 2.05) is 6.07 Å². The molecule has 1 aromatic rings. The molecular weight excluding hydrogens is 215 g/mol. The van der Waals surface area contributed by atoms with E-state index in [4.69, 9.17) is 0 Å². The van der Waals surface area contributed by atoms with Crippen LogP contribution in [0.5, 0.6) is 0 Å². The Bertz CT molecular complexity index is 395. The summed E-state index contributed by atoms with van der Waals surface area (Å²) in [6.45, 7) is 5.50. The zero-order valence-electron chi connectivity index (χ0n) is 10.1. The lowest BCUT2D eigenvalue weighted by molar-refractivity contribution is 0.220. The van der Waals surface area contributed by atoms with Gasteiger partial charge in [-0.2, -0.15) is 0 Å². The van der Waals surface area contributed by atoms with E-state index in [0.717, 1.165) is 32.7 Å². The van der Waals surface area contributed by atoms with Gasteiger partial charge in [0.05, 0.1) is 0 Å². The van der Waals surface area contributed by atoms with Crippen LogP contribution in [0.1, 0.15) is 18.4 Å². The van der Waals surface area contributed by atoms with E-state index in [1.165, 1.54) is 24.5 Å². The summed E-state index contributed by atoms with van der Waals surface area (Å²) in [7, 11) is 0. The largest absolute Gasteiger partial charge is 0.314 e. The van der Waals surface area contributed by atoms with Crippen LogP contribution >= 0.6 is 0 Å². The van der Waals surface area contributed by atoms with Gasteiger partial charge in [0, 0.05) is 38.1 Å². The lowest BCUT2D eigenvalue weighted by atomic mass is 9.95. The Morgan fingerprint density at radius 3 is 2.65 bits per heavy atom. The molecule has 2 fully saturated rings. The van der Waals surface area contributed by atoms with E-state index in [9.17, 15) is 4.39 Å². The van der Waals surface area contributed by atoms with E-state index in [2.05, 4.69) is 16.3 Å². The van der Waals surface area contributed by atoms with Crippen LogP contribution in [-0.2, 0) is 5.41 Å². The molecule has 17 heavy (non-hydrogen) atoms. The van der Waals surface area contributed by atoms with Crippen molar-refractivity contribution in [2.24, 2.45) is 0 Å². The summed E-state index contributed by atoms with van der Waals surface area (Å²) < 4.78 is 13.3. The molecule has 1 N–H and O–H groups in total. The average molecular weight is 234 g/mol. The molecule has 3 heteroatoms. The molecule has 92 valence electrons. The number of benzene rings is 1. The van der Waals surface area contributed by atoms with Gasteiger partial charge in [-0.05, 0) is 30.5 Å². The fourth-order valence-electron chi connectivity index (χ4n) is 2.80. The van der Waals surface area contributed by atoms with Crippen molar-refractivity contribution in [1.82, 2.24) is 10.2 Å². The molecule has 0 unspecified atom stereocenters. The van der Waals surface area contributed by atoms with Gasteiger partial charge in [-0.25, -0.2) is 4.39 Å². The van der Waals surface area contributed by atoms with Gasteiger partial charge in [0.15, 0.2) is 0 Å². The maximum Gasteiger partial charge on any atom is 0.123 e. The Kier molecular flexibility index (Phi) is 2.89. The van der Waals surface area contributed by atoms with Crippen molar-refractivity contribution in [2.75, 3.05) is 32.7 Å². The maximum absolute atomic E-state index is 13.3. The highest BCUT2D eigenvalue weighted by Crippen LogP contribution is 2.48. The van der Waals surface area contributed by atoms with Crippen LogP contribution in [0.4, 0.5) is 4.39 Å². The highest BCUT2D eigenvalue weighted by Gasteiger charge is 2.45.